The molecule has 0 aliphatic carbocycles. The highest BCUT2D eigenvalue weighted by molar-refractivity contribution is 7.98. The minimum Gasteiger partial charge on any atom is -0.459 e. The number of carbonyl (C=O) groups excluding carboxylic acids is 1. The van der Waals surface area contributed by atoms with E-state index in [1.807, 2.05) is 26.0 Å². The molecule has 1 aromatic heterocycles. The van der Waals surface area contributed by atoms with Crippen molar-refractivity contribution in [2.75, 3.05) is 0 Å². The molecule has 0 saturated carbocycles. The van der Waals surface area contributed by atoms with Crippen LogP contribution in [0.4, 0.5) is 0 Å². The number of benzene rings is 2. The van der Waals surface area contributed by atoms with E-state index in [9.17, 15) is 13.2 Å². The summed E-state index contributed by atoms with van der Waals surface area (Å²) >= 11 is 1.44. The molecule has 0 atom stereocenters. The van der Waals surface area contributed by atoms with Crippen LogP contribution in [0, 0.1) is 0 Å². The molecule has 3 aromatic rings. The second-order valence-electron chi connectivity index (χ2n) is 7.31. The van der Waals surface area contributed by atoms with Gasteiger partial charge in [-0.2, -0.15) is 0 Å². The number of ether oxygens (including phenoxy) is 1. The van der Waals surface area contributed by atoms with Gasteiger partial charge in [0.1, 0.15) is 11.6 Å². The standard InChI is InChI=1S/C23H25N3O4S2/c1-4-14-26-21(16-32(28,29)20-8-6-5-7-9-20)24-25-23(26)31-15-18-10-12-19(13-11-18)22(27)30-17(2)3/h4-13,17H,1,14-16H2,2-3H3. The van der Waals surface area contributed by atoms with E-state index < -0.39 is 9.84 Å². The summed E-state index contributed by atoms with van der Waals surface area (Å²) in [5, 5.41) is 8.93. The predicted molar refractivity (Wildman–Crippen MR) is 124 cm³/mol. The lowest BCUT2D eigenvalue weighted by Gasteiger charge is -2.09. The maximum Gasteiger partial charge on any atom is 0.338 e. The molecule has 168 valence electrons. The summed E-state index contributed by atoms with van der Waals surface area (Å²) in [5.74, 6) is 0.350. The Bertz CT molecular complexity index is 1170. The maximum absolute atomic E-state index is 12.7. The molecule has 0 saturated heterocycles. The summed E-state index contributed by atoms with van der Waals surface area (Å²) in [4.78, 5) is 12.2. The Kier molecular flexibility index (Phi) is 7.87. The first-order valence-corrected chi connectivity index (χ1v) is 12.7. The fourth-order valence-electron chi connectivity index (χ4n) is 2.89. The maximum atomic E-state index is 12.7. The fraction of sp³-hybridized carbons (Fsp3) is 0.261. The molecule has 1 heterocycles. The molecule has 0 amide bonds. The number of carbonyl (C=O) groups is 1. The Morgan fingerprint density at radius 2 is 1.81 bits per heavy atom. The predicted octanol–water partition coefficient (Wildman–Crippen LogP) is 4.30. The molecule has 0 N–H and O–H groups in total. The fourth-order valence-corrected chi connectivity index (χ4v) is 5.11. The van der Waals surface area contributed by atoms with Gasteiger partial charge in [0.25, 0.3) is 0 Å². The number of sulfone groups is 1. The summed E-state index contributed by atoms with van der Waals surface area (Å²) in [6.07, 6.45) is 1.51. The topological polar surface area (TPSA) is 91.1 Å². The molecule has 2 aromatic carbocycles. The molecule has 0 radical (unpaired) electrons. The number of aromatic nitrogens is 3. The number of thioether (sulfide) groups is 1. The number of hydrogen-bond donors (Lipinski definition) is 0. The van der Waals surface area contributed by atoms with Gasteiger partial charge in [0.05, 0.1) is 16.6 Å². The first-order valence-electron chi connectivity index (χ1n) is 10.0. The molecule has 0 fully saturated rings. The quantitative estimate of drug-likeness (QED) is 0.247. The number of nitrogens with zero attached hydrogens (tertiary/aromatic N) is 3. The first-order chi connectivity index (χ1) is 15.3. The van der Waals surface area contributed by atoms with Crippen molar-refractivity contribution in [2.45, 2.75) is 48.1 Å². The van der Waals surface area contributed by atoms with E-state index in [1.165, 1.54) is 11.8 Å². The van der Waals surface area contributed by atoms with Crippen LogP contribution < -0.4 is 0 Å². The number of rotatable bonds is 10. The zero-order valence-electron chi connectivity index (χ0n) is 18.0. The van der Waals surface area contributed by atoms with Crippen LogP contribution >= 0.6 is 11.8 Å². The first kappa shape index (κ1) is 23.7. The van der Waals surface area contributed by atoms with Crippen LogP contribution in [0.1, 0.15) is 35.6 Å². The van der Waals surface area contributed by atoms with Crippen LogP contribution in [0.25, 0.3) is 0 Å². The summed E-state index contributed by atoms with van der Waals surface area (Å²) in [6, 6.07) is 15.5. The van der Waals surface area contributed by atoms with Gasteiger partial charge in [-0.25, -0.2) is 13.2 Å². The average Bonchev–Trinajstić information content (AvgIpc) is 3.13. The van der Waals surface area contributed by atoms with Crippen LogP contribution in [0.2, 0.25) is 0 Å². The molecule has 0 unspecified atom stereocenters. The van der Waals surface area contributed by atoms with Gasteiger partial charge in [-0.3, -0.25) is 0 Å². The van der Waals surface area contributed by atoms with Gasteiger partial charge in [0, 0.05) is 12.3 Å². The lowest BCUT2D eigenvalue weighted by molar-refractivity contribution is 0.0378. The van der Waals surface area contributed by atoms with Crippen molar-refractivity contribution < 1.29 is 17.9 Å². The third-order valence-corrected chi connectivity index (χ3v) is 7.09. The van der Waals surface area contributed by atoms with Crippen LogP contribution in [0.3, 0.4) is 0 Å². The molecular formula is C23H25N3O4S2. The van der Waals surface area contributed by atoms with Gasteiger partial charge < -0.3 is 9.30 Å². The van der Waals surface area contributed by atoms with Gasteiger partial charge in [-0.15, -0.1) is 16.8 Å². The summed E-state index contributed by atoms with van der Waals surface area (Å²) in [5.41, 5.74) is 1.48. The van der Waals surface area contributed by atoms with Crippen molar-refractivity contribution in [1.29, 1.82) is 0 Å². The zero-order valence-corrected chi connectivity index (χ0v) is 19.6. The summed E-state index contributed by atoms with van der Waals surface area (Å²) in [7, 11) is -3.54. The largest absolute Gasteiger partial charge is 0.459 e. The molecule has 0 aliphatic rings. The summed E-state index contributed by atoms with van der Waals surface area (Å²) < 4.78 is 32.5. The van der Waals surface area contributed by atoms with Crippen molar-refractivity contribution in [1.82, 2.24) is 14.8 Å². The second-order valence-corrected chi connectivity index (χ2v) is 10.2. The third kappa shape index (κ3) is 6.08. The highest BCUT2D eigenvalue weighted by Crippen LogP contribution is 2.24. The Morgan fingerprint density at radius 1 is 1.12 bits per heavy atom. The Morgan fingerprint density at radius 3 is 2.44 bits per heavy atom. The Labute approximate surface area is 192 Å². The Balaban J connectivity index is 1.72. The van der Waals surface area contributed by atoms with Crippen molar-refractivity contribution >= 4 is 27.6 Å². The second kappa shape index (κ2) is 10.6. The van der Waals surface area contributed by atoms with E-state index >= 15 is 0 Å². The number of esters is 1. The molecule has 0 bridgehead atoms. The molecule has 7 nitrogen and oxygen atoms in total. The van der Waals surface area contributed by atoms with Gasteiger partial charge in [-0.1, -0.05) is 48.2 Å². The normalized spacial score (nSPS) is 11.5. The van der Waals surface area contributed by atoms with Crippen molar-refractivity contribution in [3.63, 3.8) is 0 Å². The highest BCUT2D eigenvalue weighted by Gasteiger charge is 2.21. The average molecular weight is 472 g/mol. The molecule has 32 heavy (non-hydrogen) atoms. The van der Waals surface area contributed by atoms with Crippen molar-refractivity contribution in [2.24, 2.45) is 0 Å². The molecule has 9 heteroatoms. The van der Waals surface area contributed by atoms with Gasteiger partial charge in [-0.05, 0) is 43.7 Å². The third-order valence-electron chi connectivity index (χ3n) is 4.43. The monoisotopic (exact) mass is 471 g/mol. The van der Waals surface area contributed by atoms with Crippen LogP contribution in [-0.4, -0.2) is 35.3 Å². The smallest absolute Gasteiger partial charge is 0.338 e. The highest BCUT2D eigenvalue weighted by atomic mass is 32.2. The van der Waals surface area contributed by atoms with E-state index in [1.54, 1.807) is 53.1 Å². The molecule has 0 aliphatic heterocycles. The van der Waals surface area contributed by atoms with Crippen molar-refractivity contribution in [3.05, 3.63) is 84.2 Å². The van der Waals surface area contributed by atoms with E-state index in [0.29, 0.717) is 28.8 Å². The van der Waals surface area contributed by atoms with Crippen LogP contribution in [0.5, 0.6) is 0 Å². The van der Waals surface area contributed by atoms with Crippen LogP contribution in [-0.2, 0) is 32.6 Å². The summed E-state index contributed by atoms with van der Waals surface area (Å²) in [6.45, 7) is 7.77. The van der Waals surface area contributed by atoms with Gasteiger partial charge in [0.2, 0.25) is 0 Å². The lowest BCUT2D eigenvalue weighted by Crippen LogP contribution is -2.11. The lowest BCUT2D eigenvalue weighted by atomic mass is 10.1. The van der Waals surface area contributed by atoms with Crippen LogP contribution in [0.15, 0.2) is 77.3 Å². The van der Waals surface area contributed by atoms with Gasteiger partial charge in [0.15, 0.2) is 15.0 Å². The molecule has 3 rings (SSSR count). The van der Waals surface area contributed by atoms with E-state index in [0.717, 1.165) is 5.56 Å². The van der Waals surface area contributed by atoms with E-state index in [-0.39, 0.29) is 22.7 Å². The van der Waals surface area contributed by atoms with E-state index in [4.69, 9.17) is 4.74 Å². The van der Waals surface area contributed by atoms with E-state index in [2.05, 4.69) is 16.8 Å². The number of allylic oxidation sites excluding steroid dienone is 1. The SMILES string of the molecule is C=CCn1c(CS(=O)(=O)c2ccccc2)nnc1SCc1ccc(C(=O)OC(C)C)cc1. The number of hydrogen-bond acceptors (Lipinski definition) is 7. The zero-order chi connectivity index (χ0) is 23.1. The van der Waals surface area contributed by atoms with Gasteiger partial charge >= 0.3 is 5.97 Å². The molecule has 0 spiro atoms. The van der Waals surface area contributed by atoms with Crippen molar-refractivity contribution in [3.8, 4) is 0 Å². The molecular weight excluding hydrogens is 446 g/mol. The minimum atomic E-state index is -3.54. The Hall–Kier alpha value is -2.91. The minimum absolute atomic E-state index is 0.172.